The van der Waals surface area contributed by atoms with Crippen molar-refractivity contribution in [3.63, 3.8) is 0 Å². The first-order valence-corrected chi connectivity index (χ1v) is 6.88. The molecule has 3 rings (SSSR count). The minimum absolute atomic E-state index is 0.669. The maximum atomic E-state index is 4.59. The molecule has 1 heterocycles. The van der Waals surface area contributed by atoms with Gasteiger partial charge in [0.25, 0.3) is 0 Å². The van der Waals surface area contributed by atoms with Gasteiger partial charge in [0, 0.05) is 43.6 Å². The zero-order valence-corrected chi connectivity index (χ0v) is 10.5. The molecular weight excluding hydrogens is 220 g/mol. The average molecular weight is 238 g/mol. The number of aromatic nitrogens is 2. The van der Waals surface area contributed by atoms with Crippen molar-refractivity contribution >= 4 is 16.7 Å². The largest absolute Gasteiger partial charge is 0.349 e. The Morgan fingerprint density at radius 2 is 2.19 bits per heavy atom. The molecule has 0 spiro atoms. The molecule has 1 aromatic rings. The first-order chi connectivity index (χ1) is 7.83. The van der Waals surface area contributed by atoms with Gasteiger partial charge < -0.3 is 10.2 Å². The highest BCUT2D eigenvalue weighted by Crippen LogP contribution is 2.39. The van der Waals surface area contributed by atoms with Crippen LogP contribution in [0.2, 0.25) is 0 Å². The van der Waals surface area contributed by atoms with E-state index in [2.05, 4.69) is 26.6 Å². The third-order valence-corrected chi connectivity index (χ3v) is 4.00. The fourth-order valence-electron chi connectivity index (χ4n) is 1.71. The van der Waals surface area contributed by atoms with Crippen molar-refractivity contribution in [2.75, 3.05) is 25.0 Å². The fraction of sp³-hybridized carbons (Fsp3) is 0.818. The Morgan fingerprint density at radius 1 is 1.38 bits per heavy atom. The van der Waals surface area contributed by atoms with E-state index in [1.54, 1.807) is 0 Å². The van der Waals surface area contributed by atoms with Gasteiger partial charge >= 0.3 is 0 Å². The van der Waals surface area contributed by atoms with E-state index in [0.29, 0.717) is 5.92 Å². The number of hydrogen-bond donors (Lipinski definition) is 1. The van der Waals surface area contributed by atoms with Gasteiger partial charge in [-0.2, -0.15) is 4.37 Å². The van der Waals surface area contributed by atoms with Crippen LogP contribution in [-0.2, 0) is 0 Å². The molecule has 1 N–H and O–H groups in total. The molecule has 16 heavy (non-hydrogen) atoms. The second kappa shape index (κ2) is 4.30. The van der Waals surface area contributed by atoms with E-state index < -0.39 is 0 Å². The Morgan fingerprint density at radius 3 is 2.88 bits per heavy atom. The Hall–Kier alpha value is -0.680. The molecule has 2 fully saturated rings. The fourth-order valence-corrected chi connectivity index (χ4v) is 2.44. The summed E-state index contributed by atoms with van der Waals surface area (Å²) in [5.41, 5.74) is 0. The zero-order valence-electron chi connectivity index (χ0n) is 9.65. The van der Waals surface area contributed by atoms with Crippen LogP contribution >= 0.6 is 11.5 Å². The number of likely N-dealkylation sites (N-methyl/N-ethyl adjacent to an activating group) is 1. The molecule has 2 aliphatic carbocycles. The van der Waals surface area contributed by atoms with Crippen LogP contribution in [0.5, 0.6) is 0 Å². The molecule has 0 saturated heterocycles. The van der Waals surface area contributed by atoms with E-state index in [1.807, 2.05) is 0 Å². The zero-order chi connectivity index (χ0) is 11.0. The van der Waals surface area contributed by atoms with Crippen molar-refractivity contribution in [1.29, 1.82) is 0 Å². The molecule has 0 bridgehead atoms. The first kappa shape index (κ1) is 10.5. The topological polar surface area (TPSA) is 41.0 Å². The van der Waals surface area contributed by atoms with Gasteiger partial charge in [0.1, 0.15) is 5.82 Å². The van der Waals surface area contributed by atoms with Crippen LogP contribution in [0.4, 0.5) is 5.13 Å². The van der Waals surface area contributed by atoms with Gasteiger partial charge in [0.2, 0.25) is 5.13 Å². The molecule has 0 atom stereocenters. The molecule has 2 aliphatic rings. The first-order valence-electron chi connectivity index (χ1n) is 6.11. The Labute approximate surface area is 100 Å². The van der Waals surface area contributed by atoms with Crippen molar-refractivity contribution in [2.45, 2.75) is 37.6 Å². The summed E-state index contributed by atoms with van der Waals surface area (Å²) in [4.78, 5) is 6.80. The highest BCUT2D eigenvalue weighted by Gasteiger charge is 2.28. The van der Waals surface area contributed by atoms with E-state index in [4.69, 9.17) is 0 Å². The van der Waals surface area contributed by atoms with Crippen LogP contribution < -0.4 is 10.2 Å². The van der Waals surface area contributed by atoms with E-state index in [0.717, 1.165) is 30.1 Å². The van der Waals surface area contributed by atoms with Gasteiger partial charge in [-0.15, -0.1) is 0 Å². The summed E-state index contributed by atoms with van der Waals surface area (Å²) in [6.45, 7) is 2.08. The third-order valence-electron chi connectivity index (χ3n) is 3.16. The van der Waals surface area contributed by atoms with E-state index in [9.17, 15) is 0 Å². The van der Waals surface area contributed by atoms with E-state index in [1.165, 1.54) is 37.2 Å². The van der Waals surface area contributed by atoms with Crippen LogP contribution in [0.15, 0.2) is 0 Å². The molecule has 1 aromatic heterocycles. The lowest BCUT2D eigenvalue weighted by molar-refractivity contribution is 0.674. The molecule has 88 valence electrons. The smallest absolute Gasteiger partial charge is 0.204 e. The van der Waals surface area contributed by atoms with Crippen molar-refractivity contribution in [3.8, 4) is 0 Å². The van der Waals surface area contributed by atoms with Crippen LogP contribution in [0, 0.1) is 0 Å². The average Bonchev–Trinajstić information content (AvgIpc) is 3.19. The minimum Gasteiger partial charge on any atom is -0.349 e. The standard InChI is InChI=1S/C11H18N4S/c1-15(7-6-12-9-4-5-9)11-13-10(14-16-11)8-2-3-8/h8-9,12H,2-7H2,1H3. The predicted molar refractivity (Wildman–Crippen MR) is 66.2 cm³/mol. The monoisotopic (exact) mass is 238 g/mol. The lowest BCUT2D eigenvalue weighted by Crippen LogP contribution is -2.30. The second-order valence-electron chi connectivity index (χ2n) is 4.86. The molecule has 5 heteroatoms. The van der Waals surface area contributed by atoms with Crippen LogP contribution in [0.1, 0.15) is 37.4 Å². The number of rotatable bonds is 6. The molecule has 0 aliphatic heterocycles. The highest BCUT2D eigenvalue weighted by molar-refractivity contribution is 7.09. The lowest BCUT2D eigenvalue weighted by atomic mass is 10.4. The number of nitrogens with one attached hydrogen (secondary N) is 1. The maximum Gasteiger partial charge on any atom is 0.204 e. The second-order valence-corrected chi connectivity index (χ2v) is 5.59. The summed E-state index contributed by atoms with van der Waals surface area (Å²) < 4.78 is 4.42. The van der Waals surface area contributed by atoms with Gasteiger partial charge in [0.15, 0.2) is 0 Å². The summed E-state index contributed by atoms with van der Waals surface area (Å²) in [7, 11) is 2.10. The van der Waals surface area contributed by atoms with Crippen LogP contribution in [0.25, 0.3) is 0 Å². The summed E-state index contributed by atoms with van der Waals surface area (Å²) >= 11 is 1.54. The quantitative estimate of drug-likeness (QED) is 0.817. The summed E-state index contributed by atoms with van der Waals surface area (Å²) in [6, 6.07) is 0.796. The normalized spacial score (nSPS) is 20.1. The van der Waals surface area contributed by atoms with Gasteiger partial charge in [-0.25, -0.2) is 4.98 Å². The van der Waals surface area contributed by atoms with Gasteiger partial charge in [-0.05, 0) is 25.7 Å². The SMILES string of the molecule is CN(CCNC1CC1)c1nc(C2CC2)ns1. The summed E-state index contributed by atoms with van der Waals surface area (Å²) in [5.74, 6) is 1.74. The van der Waals surface area contributed by atoms with Crippen molar-refractivity contribution in [2.24, 2.45) is 0 Å². The Bertz CT molecular complexity index is 357. The number of nitrogens with zero attached hydrogens (tertiary/aromatic N) is 3. The van der Waals surface area contributed by atoms with Gasteiger partial charge in [-0.1, -0.05) is 0 Å². The van der Waals surface area contributed by atoms with E-state index in [-0.39, 0.29) is 0 Å². The third kappa shape index (κ3) is 2.52. The van der Waals surface area contributed by atoms with Crippen molar-refractivity contribution in [1.82, 2.24) is 14.7 Å². The molecule has 0 aromatic carbocycles. The Kier molecular flexibility index (Phi) is 2.81. The molecule has 2 saturated carbocycles. The summed E-state index contributed by atoms with van der Waals surface area (Å²) in [6.07, 6.45) is 5.27. The van der Waals surface area contributed by atoms with E-state index >= 15 is 0 Å². The van der Waals surface area contributed by atoms with Crippen molar-refractivity contribution in [3.05, 3.63) is 5.82 Å². The van der Waals surface area contributed by atoms with Crippen molar-refractivity contribution < 1.29 is 0 Å². The number of hydrogen-bond acceptors (Lipinski definition) is 5. The van der Waals surface area contributed by atoms with Gasteiger partial charge in [-0.3, -0.25) is 0 Å². The minimum atomic E-state index is 0.669. The highest BCUT2D eigenvalue weighted by atomic mass is 32.1. The molecule has 4 nitrogen and oxygen atoms in total. The summed E-state index contributed by atoms with van der Waals surface area (Å²) in [5, 5.41) is 4.58. The Balaban J connectivity index is 1.48. The molecule has 0 unspecified atom stereocenters. The molecular formula is C11H18N4S. The number of anilines is 1. The lowest BCUT2D eigenvalue weighted by Gasteiger charge is -2.15. The molecule has 0 radical (unpaired) electrons. The molecule has 0 amide bonds. The predicted octanol–water partition coefficient (Wildman–Crippen LogP) is 1.60. The van der Waals surface area contributed by atoms with Crippen LogP contribution in [0.3, 0.4) is 0 Å². The maximum absolute atomic E-state index is 4.59. The van der Waals surface area contributed by atoms with Gasteiger partial charge in [0.05, 0.1) is 0 Å². The van der Waals surface area contributed by atoms with Crippen LogP contribution in [-0.4, -0.2) is 35.5 Å².